The fraction of sp³-hybridized carbons (Fsp3) is 0.611. The molecule has 128 valence electrons. The molecule has 0 aliphatic heterocycles. The molecule has 1 fully saturated rings. The number of aliphatic hydroxyl groups excluding tert-OH is 1. The van der Waals surface area contributed by atoms with Crippen LogP contribution in [0, 0.1) is 5.41 Å². The van der Waals surface area contributed by atoms with Gasteiger partial charge in [-0.3, -0.25) is 0 Å². The summed E-state index contributed by atoms with van der Waals surface area (Å²) in [5.41, 5.74) is 0.846. The molecule has 0 radical (unpaired) electrons. The standard InChI is InChI=1S/C18H28N2O3/c1-4-15(13-7-9-14(23-3)10-8-13)19-17(22)20-16-6-5-11-18(16,2)12-21/h7-10,15-16,21H,4-6,11-12H2,1-3H3,(H2,19,20,22). The van der Waals surface area contributed by atoms with Crippen LogP contribution < -0.4 is 15.4 Å². The molecule has 5 heteroatoms. The number of amides is 2. The summed E-state index contributed by atoms with van der Waals surface area (Å²) in [5, 5.41) is 15.7. The topological polar surface area (TPSA) is 70.6 Å². The number of carbonyl (C=O) groups is 1. The largest absolute Gasteiger partial charge is 0.497 e. The van der Waals surface area contributed by atoms with Gasteiger partial charge in [0, 0.05) is 11.5 Å². The number of methoxy groups -OCH3 is 1. The number of urea groups is 1. The molecule has 1 saturated carbocycles. The maximum absolute atomic E-state index is 12.3. The van der Waals surface area contributed by atoms with Gasteiger partial charge >= 0.3 is 6.03 Å². The lowest BCUT2D eigenvalue weighted by molar-refractivity contribution is 0.120. The number of rotatable bonds is 6. The van der Waals surface area contributed by atoms with Gasteiger partial charge in [-0.1, -0.05) is 32.4 Å². The highest BCUT2D eigenvalue weighted by molar-refractivity contribution is 5.75. The maximum atomic E-state index is 12.3. The fourth-order valence-corrected chi connectivity index (χ4v) is 3.28. The Balaban J connectivity index is 1.96. The SMILES string of the molecule is CCC(NC(=O)NC1CCCC1(C)CO)c1ccc(OC)cc1. The highest BCUT2D eigenvalue weighted by Gasteiger charge is 2.39. The summed E-state index contributed by atoms with van der Waals surface area (Å²) in [6, 6.07) is 7.57. The molecule has 2 rings (SSSR count). The molecule has 1 aromatic carbocycles. The lowest BCUT2D eigenvalue weighted by atomic mass is 9.86. The summed E-state index contributed by atoms with van der Waals surface area (Å²) >= 11 is 0. The van der Waals surface area contributed by atoms with Gasteiger partial charge in [0.2, 0.25) is 0 Å². The Labute approximate surface area is 138 Å². The number of benzene rings is 1. The first-order valence-electron chi connectivity index (χ1n) is 8.34. The Morgan fingerprint density at radius 1 is 1.43 bits per heavy atom. The number of ether oxygens (including phenoxy) is 1. The molecule has 0 saturated heterocycles. The van der Waals surface area contributed by atoms with Gasteiger partial charge in [-0.2, -0.15) is 0 Å². The van der Waals surface area contributed by atoms with Crippen LogP contribution in [-0.2, 0) is 0 Å². The van der Waals surface area contributed by atoms with Crippen LogP contribution in [0.1, 0.15) is 51.1 Å². The Hall–Kier alpha value is -1.75. The second kappa shape index (κ2) is 7.68. The third-order valence-electron chi connectivity index (χ3n) is 4.98. The van der Waals surface area contributed by atoms with Crippen molar-refractivity contribution in [3.63, 3.8) is 0 Å². The minimum atomic E-state index is -0.209. The number of aliphatic hydroxyl groups is 1. The number of carbonyl (C=O) groups excluding carboxylic acids is 1. The third kappa shape index (κ3) is 4.16. The first-order valence-corrected chi connectivity index (χ1v) is 8.34. The smallest absolute Gasteiger partial charge is 0.315 e. The molecule has 0 aromatic heterocycles. The molecule has 1 aliphatic carbocycles. The quantitative estimate of drug-likeness (QED) is 0.754. The van der Waals surface area contributed by atoms with E-state index in [9.17, 15) is 9.90 Å². The van der Waals surface area contributed by atoms with Crippen molar-refractivity contribution in [1.82, 2.24) is 10.6 Å². The Morgan fingerprint density at radius 3 is 2.70 bits per heavy atom. The Morgan fingerprint density at radius 2 is 2.13 bits per heavy atom. The molecule has 0 heterocycles. The van der Waals surface area contributed by atoms with Crippen LogP contribution >= 0.6 is 0 Å². The van der Waals surface area contributed by atoms with Gasteiger partial charge in [0.15, 0.2) is 0 Å². The summed E-state index contributed by atoms with van der Waals surface area (Å²) in [6.07, 6.45) is 3.72. The fourth-order valence-electron chi connectivity index (χ4n) is 3.28. The summed E-state index contributed by atoms with van der Waals surface area (Å²) < 4.78 is 5.16. The average molecular weight is 320 g/mol. The van der Waals surface area contributed by atoms with Crippen LogP contribution in [-0.4, -0.2) is 30.9 Å². The predicted octanol–water partition coefficient (Wildman–Crippen LogP) is 3.00. The van der Waals surface area contributed by atoms with E-state index in [-0.39, 0.29) is 30.1 Å². The molecular formula is C18H28N2O3. The lowest BCUT2D eigenvalue weighted by Gasteiger charge is -2.30. The van der Waals surface area contributed by atoms with Crippen molar-refractivity contribution in [3.8, 4) is 5.75 Å². The zero-order valence-electron chi connectivity index (χ0n) is 14.3. The van der Waals surface area contributed by atoms with Crippen LogP contribution in [0.2, 0.25) is 0 Å². The van der Waals surface area contributed by atoms with E-state index >= 15 is 0 Å². The third-order valence-corrected chi connectivity index (χ3v) is 4.98. The van der Waals surface area contributed by atoms with Crippen molar-refractivity contribution < 1.29 is 14.6 Å². The second-order valence-corrected chi connectivity index (χ2v) is 6.61. The van der Waals surface area contributed by atoms with Crippen molar-refractivity contribution in [2.45, 2.75) is 51.6 Å². The van der Waals surface area contributed by atoms with Crippen LogP contribution in [0.3, 0.4) is 0 Å². The molecule has 5 nitrogen and oxygen atoms in total. The van der Waals surface area contributed by atoms with Gasteiger partial charge in [-0.05, 0) is 37.0 Å². The molecule has 3 unspecified atom stereocenters. The lowest BCUT2D eigenvalue weighted by Crippen LogP contribution is -2.49. The van der Waals surface area contributed by atoms with E-state index in [1.165, 1.54) is 0 Å². The number of hydrogen-bond acceptors (Lipinski definition) is 3. The van der Waals surface area contributed by atoms with Crippen LogP contribution in [0.4, 0.5) is 4.79 Å². The van der Waals surface area contributed by atoms with Gasteiger partial charge in [-0.15, -0.1) is 0 Å². The number of hydrogen-bond donors (Lipinski definition) is 3. The van der Waals surface area contributed by atoms with E-state index in [1.54, 1.807) is 7.11 Å². The first kappa shape index (κ1) is 17.6. The molecule has 2 amide bonds. The average Bonchev–Trinajstić information content (AvgIpc) is 2.94. The summed E-state index contributed by atoms with van der Waals surface area (Å²) in [7, 11) is 1.64. The zero-order valence-corrected chi connectivity index (χ0v) is 14.3. The highest BCUT2D eigenvalue weighted by Crippen LogP contribution is 2.37. The molecule has 0 bridgehead atoms. The molecular weight excluding hydrogens is 292 g/mol. The van der Waals surface area contributed by atoms with Gasteiger partial charge < -0.3 is 20.5 Å². The molecule has 1 aromatic rings. The van der Waals surface area contributed by atoms with Crippen molar-refractivity contribution in [2.24, 2.45) is 5.41 Å². The Kier molecular flexibility index (Phi) is 5.88. The van der Waals surface area contributed by atoms with Crippen molar-refractivity contribution >= 4 is 6.03 Å². The molecule has 23 heavy (non-hydrogen) atoms. The predicted molar refractivity (Wildman–Crippen MR) is 90.5 cm³/mol. The van der Waals surface area contributed by atoms with Crippen LogP contribution in [0.5, 0.6) is 5.75 Å². The molecule has 0 spiro atoms. The van der Waals surface area contributed by atoms with E-state index in [4.69, 9.17) is 4.74 Å². The van der Waals surface area contributed by atoms with Gasteiger partial charge in [-0.25, -0.2) is 4.79 Å². The minimum absolute atomic E-state index is 0.0286. The normalized spacial score (nSPS) is 25.0. The van der Waals surface area contributed by atoms with Crippen molar-refractivity contribution in [2.75, 3.05) is 13.7 Å². The van der Waals surface area contributed by atoms with Crippen LogP contribution in [0.15, 0.2) is 24.3 Å². The second-order valence-electron chi connectivity index (χ2n) is 6.61. The number of nitrogens with one attached hydrogen (secondary N) is 2. The molecule has 3 atom stereocenters. The van der Waals surface area contributed by atoms with Crippen LogP contribution in [0.25, 0.3) is 0 Å². The summed E-state index contributed by atoms with van der Waals surface area (Å²) in [6.45, 7) is 4.18. The van der Waals surface area contributed by atoms with E-state index in [2.05, 4.69) is 10.6 Å². The van der Waals surface area contributed by atoms with E-state index in [0.717, 1.165) is 37.0 Å². The van der Waals surface area contributed by atoms with E-state index < -0.39 is 0 Å². The van der Waals surface area contributed by atoms with Gasteiger partial charge in [0.1, 0.15) is 5.75 Å². The zero-order chi connectivity index (χ0) is 16.9. The first-order chi connectivity index (χ1) is 11.0. The highest BCUT2D eigenvalue weighted by atomic mass is 16.5. The Bertz CT molecular complexity index is 518. The molecule has 1 aliphatic rings. The van der Waals surface area contributed by atoms with Gasteiger partial charge in [0.25, 0.3) is 0 Å². The van der Waals surface area contributed by atoms with Crippen molar-refractivity contribution in [1.29, 1.82) is 0 Å². The molecule has 3 N–H and O–H groups in total. The van der Waals surface area contributed by atoms with Crippen molar-refractivity contribution in [3.05, 3.63) is 29.8 Å². The summed E-state index contributed by atoms with van der Waals surface area (Å²) in [5.74, 6) is 0.803. The van der Waals surface area contributed by atoms with E-state index in [1.807, 2.05) is 38.1 Å². The minimum Gasteiger partial charge on any atom is -0.497 e. The van der Waals surface area contributed by atoms with Gasteiger partial charge in [0.05, 0.1) is 19.8 Å². The monoisotopic (exact) mass is 320 g/mol. The summed E-state index contributed by atoms with van der Waals surface area (Å²) in [4.78, 5) is 12.3. The van der Waals surface area contributed by atoms with E-state index in [0.29, 0.717) is 0 Å². The maximum Gasteiger partial charge on any atom is 0.315 e.